The maximum Gasteiger partial charge on any atom is 0.222 e. The molecule has 4 aliphatic rings. The van der Waals surface area contributed by atoms with Gasteiger partial charge in [0.2, 0.25) is 59.1 Å². The van der Waals surface area contributed by atoms with Gasteiger partial charge in [0.1, 0.15) is 78.6 Å². The van der Waals surface area contributed by atoms with E-state index in [1.54, 1.807) is 4.90 Å². The molecule has 0 bridgehead atoms. The summed E-state index contributed by atoms with van der Waals surface area (Å²) in [6, 6.07) is -3.27. The number of unbranched alkanes of at least 4 members (excludes halogenated alkanes) is 10. The summed E-state index contributed by atoms with van der Waals surface area (Å²) in [6.07, 6.45) is -3.97. The molecule has 0 spiro atoms. The minimum absolute atomic E-state index is 0.0148. The highest BCUT2D eigenvalue weighted by atomic mass is 16.7. The normalized spacial score (nSPS) is 25.2. The Hall–Kier alpha value is -6.10. The fourth-order valence-corrected chi connectivity index (χ4v) is 13.2. The Morgan fingerprint density at radius 3 is 1.04 bits per heavy atom. The zero-order valence-corrected chi connectivity index (χ0v) is 67.2. The zero-order chi connectivity index (χ0) is 84.3. The molecular weight excluding hydrogens is 1520 g/mol. The number of aliphatic hydroxyl groups excluding tert-OH is 10. The third-order valence-electron chi connectivity index (χ3n) is 19.6. The van der Waals surface area contributed by atoms with Crippen LogP contribution in [0.3, 0.4) is 0 Å². The first-order valence-electron chi connectivity index (χ1n) is 40.8. The van der Waals surface area contributed by atoms with Crippen LogP contribution in [0.4, 0.5) is 0 Å². The molecule has 16 unspecified atom stereocenters. The zero-order valence-electron chi connectivity index (χ0n) is 67.2. The van der Waals surface area contributed by atoms with E-state index in [1.165, 1.54) is 20.8 Å². The molecule has 4 fully saturated rings. The Morgan fingerprint density at radius 1 is 0.374 bits per heavy atom. The van der Waals surface area contributed by atoms with Crippen molar-refractivity contribution < 1.29 is 142 Å². The summed E-state index contributed by atoms with van der Waals surface area (Å²) in [5, 5.41) is 129. The Balaban J connectivity index is 1.28. The quantitative estimate of drug-likeness (QED) is 0.0200. The first-order chi connectivity index (χ1) is 55.2. The fourth-order valence-electron chi connectivity index (χ4n) is 13.2. The number of rotatable bonds is 62. The number of aliphatic hydroxyl groups is 10. The minimum Gasteiger partial charge on any atom is -0.394 e. The molecule has 664 valence electrons. The van der Waals surface area contributed by atoms with Crippen LogP contribution in [-0.2, 0) is 90.6 Å². The second kappa shape index (κ2) is 58.7. The van der Waals surface area contributed by atoms with Crippen LogP contribution in [0.5, 0.6) is 0 Å². The molecule has 115 heavy (non-hydrogen) atoms. The van der Waals surface area contributed by atoms with Crippen molar-refractivity contribution >= 4 is 59.1 Å². The van der Waals surface area contributed by atoms with Crippen molar-refractivity contribution in [2.75, 3.05) is 132 Å². The lowest BCUT2D eigenvalue weighted by atomic mass is 9.97. The van der Waals surface area contributed by atoms with Crippen LogP contribution in [0, 0.1) is 0 Å². The summed E-state index contributed by atoms with van der Waals surface area (Å²) in [5.41, 5.74) is -1.35. The third kappa shape index (κ3) is 41.4. The minimum atomic E-state index is -1.46. The van der Waals surface area contributed by atoms with E-state index < -0.39 is 141 Å². The molecule has 0 aromatic carbocycles. The molecule has 20 N–H and O–H groups in total. The summed E-state index contributed by atoms with van der Waals surface area (Å²) in [6.45, 7) is 4.11. The number of nitrogens with one attached hydrogen (secondary N) is 10. The van der Waals surface area contributed by atoms with Gasteiger partial charge in [-0.1, -0.05) is 38.5 Å². The molecule has 40 heteroatoms. The van der Waals surface area contributed by atoms with Crippen molar-refractivity contribution in [3.05, 3.63) is 0 Å². The van der Waals surface area contributed by atoms with Gasteiger partial charge in [0.15, 0.2) is 18.9 Å². The van der Waals surface area contributed by atoms with Crippen LogP contribution in [0.25, 0.3) is 0 Å². The molecule has 0 aromatic heterocycles. The van der Waals surface area contributed by atoms with Gasteiger partial charge in [0, 0.05) is 131 Å². The maximum absolute atomic E-state index is 14.0. The van der Waals surface area contributed by atoms with E-state index in [0.29, 0.717) is 103 Å². The van der Waals surface area contributed by atoms with Gasteiger partial charge in [0.05, 0.1) is 65.7 Å². The molecule has 4 saturated heterocycles. The van der Waals surface area contributed by atoms with Crippen LogP contribution < -0.4 is 53.2 Å². The second-order valence-electron chi connectivity index (χ2n) is 29.6. The molecule has 0 aromatic rings. The van der Waals surface area contributed by atoms with Crippen LogP contribution in [0.2, 0.25) is 0 Å². The van der Waals surface area contributed by atoms with E-state index in [-0.39, 0.29) is 166 Å². The van der Waals surface area contributed by atoms with Crippen LogP contribution in [-0.4, -0.2) is 350 Å². The number of hydrogen-bond donors (Lipinski definition) is 20. The third-order valence-corrected chi connectivity index (χ3v) is 19.6. The standard InChI is InChI=1S/C75H135N11O29/c1-49(90)82-63-69(104)66(101)53(42-87)113-72(63)110-36-15-12-21-56(94)77-30-18-29-76-48-109-47-75(85-61(99)24-10-8-6-4-5-7-9-11-25-62(100)86-35-26-52(93)41-86,45-107-39-27-59(97)80-33-19-31-78-57(95)22-13-16-37-111-73-64(83-50(2)91)70(105)67(102)54(43-88)114-73)46-108-40-28-60(98)81-34-20-32-79-58(96)23-14-17-38-112-74-65(84-51(3)92)71(106)68(103)55(44-89)115-74/h52-55,63-74,76,87-89,93,101-106H,4-48H2,1-3H3,(H,77,94)(H,78,95)(H,79,96)(H,80,97)(H,81,98)(H,82,90)(H,83,91)(H,84,92)(H,85,99). The summed E-state index contributed by atoms with van der Waals surface area (Å²) in [7, 11) is 0. The average molecular weight is 1650 g/mol. The molecule has 4 heterocycles. The molecule has 40 nitrogen and oxygen atoms in total. The molecule has 0 aliphatic carbocycles. The summed E-state index contributed by atoms with van der Waals surface area (Å²) >= 11 is 0. The second-order valence-corrected chi connectivity index (χ2v) is 29.6. The molecule has 16 atom stereocenters. The summed E-state index contributed by atoms with van der Waals surface area (Å²) < 4.78 is 52.3. The molecular formula is C75H135N11O29. The predicted molar refractivity (Wildman–Crippen MR) is 408 cm³/mol. The molecule has 10 amide bonds. The first kappa shape index (κ1) is 101. The smallest absolute Gasteiger partial charge is 0.222 e. The fraction of sp³-hybridized carbons (Fsp3) is 0.867. The lowest BCUT2D eigenvalue weighted by Gasteiger charge is -2.42. The number of carbonyl (C=O) groups excluding carboxylic acids is 10. The highest BCUT2D eigenvalue weighted by Crippen LogP contribution is 2.26. The van der Waals surface area contributed by atoms with E-state index in [0.717, 1.165) is 44.9 Å². The van der Waals surface area contributed by atoms with Crippen LogP contribution >= 0.6 is 0 Å². The number of ether oxygens (including phenoxy) is 9. The highest BCUT2D eigenvalue weighted by molar-refractivity contribution is 5.79. The van der Waals surface area contributed by atoms with Crippen molar-refractivity contribution in [2.24, 2.45) is 0 Å². The van der Waals surface area contributed by atoms with Crippen molar-refractivity contribution in [3.8, 4) is 0 Å². The van der Waals surface area contributed by atoms with Gasteiger partial charge >= 0.3 is 0 Å². The molecule has 4 rings (SSSR count). The number of carbonyl (C=O) groups is 10. The van der Waals surface area contributed by atoms with Crippen molar-refractivity contribution in [3.63, 3.8) is 0 Å². The molecule has 4 aliphatic heterocycles. The summed E-state index contributed by atoms with van der Waals surface area (Å²) in [4.78, 5) is 128. The van der Waals surface area contributed by atoms with E-state index >= 15 is 0 Å². The van der Waals surface area contributed by atoms with Gasteiger partial charge in [-0.05, 0) is 83.6 Å². The lowest BCUT2D eigenvalue weighted by Crippen LogP contribution is -2.64. The van der Waals surface area contributed by atoms with Gasteiger partial charge in [0.25, 0.3) is 0 Å². The first-order valence-corrected chi connectivity index (χ1v) is 40.8. The van der Waals surface area contributed by atoms with Crippen LogP contribution in [0.1, 0.15) is 181 Å². The van der Waals surface area contributed by atoms with E-state index in [4.69, 9.17) is 42.6 Å². The topological polar surface area (TPSA) is 580 Å². The van der Waals surface area contributed by atoms with Gasteiger partial charge in [-0.15, -0.1) is 0 Å². The number of amides is 10. The average Bonchev–Trinajstić information content (AvgIpc) is 1.63. The number of hydrogen-bond acceptors (Lipinski definition) is 30. The van der Waals surface area contributed by atoms with E-state index in [2.05, 4.69) is 53.2 Å². The Labute approximate surface area is 673 Å². The summed E-state index contributed by atoms with van der Waals surface area (Å²) in [5.74, 6) is -3.11. The van der Waals surface area contributed by atoms with Gasteiger partial charge in [-0.25, -0.2) is 0 Å². The van der Waals surface area contributed by atoms with Crippen molar-refractivity contribution in [1.29, 1.82) is 0 Å². The largest absolute Gasteiger partial charge is 0.394 e. The number of β-amino-alcohol motifs (C(OH)–C–C–N with tert-alkyl or cyclic N) is 1. The maximum atomic E-state index is 14.0. The molecule has 0 saturated carbocycles. The van der Waals surface area contributed by atoms with Crippen LogP contribution in [0.15, 0.2) is 0 Å². The number of likely N-dealkylation sites (tertiary alicyclic amines) is 1. The lowest BCUT2D eigenvalue weighted by molar-refractivity contribution is -0.270. The predicted octanol–water partition coefficient (Wildman–Crippen LogP) is -5.14. The SMILES string of the molecule is CC(=O)NC1C(OCCCCC(=O)NCCCNCOCC(COCCC(=O)NCCCNC(=O)CCCCOC2OC(CO)C(O)C(O)C2NC(C)=O)(COCCC(=O)NCCCNC(=O)CCCCOC2OC(CO)C(O)C(O)C2NC(C)=O)NC(=O)CCCCCCCCCCC(=O)N2CCC(O)C2)OC(CO)C(O)C1O. The Bertz CT molecular complexity index is 2710. The monoisotopic (exact) mass is 1650 g/mol. The molecule has 0 radical (unpaired) electrons. The van der Waals surface area contributed by atoms with Gasteiger partial charge in [-0.2, -0.15) is 0 Å². The van der Waals surface area contributed by atoms with Crippen molar-refractivity contribution in [1.82, 2.24) is 58.1 Å². The number of nitrogens with zero attached hydrogens (tertiary/aromatic N) is 1. The van der Waals surface area contributed by atoms with Gasteiger partial charge in [-0.3, -0.25) is 53.3 Å². The van der Waals surface area contributed by atoms with Crippen molar-refractivity contribution in [2.45, 2.75) is 285 Å². The highest BCUT2D eigenvalue weighted by Gasteiger charge is 2.48. The van der Waals surface area contributed by atoms with E-state index in [9.17, 15) is 99.0 Å². The Kier molecular flexibility index (Phi) is 51.7. The Morgan fingerprint density at radius 2 is 0.696 bits per heavy atom. The van der Waals surface area contributed by atoms with E-state index in [1.807, 2.05) is 0 Å². The van der Waals surface area contributed by atoms with Gasteiger partial charge < -0.3 is 146 Å².